The van der Waals surface area contributed by atoms with Gasteiger partial charge in [-0.2, -0.15) is 0 Å². The largest absolute Gasteiger partial charge is 0.377 e. The number of hydrogen-bond donors (Lipinski definition) is 0. The Morgan fingerprint density at radius 3 is 2.23 bits per heavy atom. The van der Waals surface area contributed by atoms with Crippen molar-refractivity contribution in [1.82, 2.24) is 0 Å². The van der Waals surface area contributed by atoms with Gasteiger partial charge in [-0.05, 0) is 48.6 Å². The molecule has 1 unspecified atom stereocenters. The predicted molar refractivity (Wildman–Crippen MR) is 102 cm³/mol. The van der Waals surface area contributed by atoms with Gasteiger partial charge in [0.25, 0.3) is 0 Å². The Kier molecular flexibility index (Phi) is 6.08. The van der Waals surface area contributed by atoms with E-state index in [0.717, 1.165) is 45.8 Å². The molecule has 0 fully saturated rings. The minimum atomic E-state index is -0.302. The van der Waals surface area contributed by atoms with Crippen molar-refractivity contribution >= 4 is 22.9 Å². The number of benzene rings is 1. The third-order valence-electron chi connectivity index (χ3n) is 4.50. The molecule has 0 radical (unpaired) electrons. The maximum absolute atomic E-state index is 6.55. The van der Waals surface area contributed by atoms with E-state index < -0.39 is 0 Å². The molecule has 0 saturated heterocycles. The summed E-state index contributed by atoms with van der Waals surface area (Å²) in [5.41, 5.74) is 5.16. The van der Waals surface area contributed by atoms with Crippen LogP contribution in [0.4, 0.5) is 5.69 Å². The summed E-state index contributed by atoms with van der Waals surface area (Å²) >= 11 is 6.55. The molecule has 0 aliphatic carbocycles. The van der Waals surface area contributed by atoms with Gasteiger partial charge in [0, 0.05) is 30.2 Å². The lowest BCUT2D eigenvalue weighted by molar-refractivity contribution is 0.678. The molecule has 0 amide bonds. The first-order chi connectivity index (χ1) is 10.2. The van der Waals surface area contributed by atoms with E-state index >= 15 is 0 Å². The first-order valence-electron chi connectivity index (χ1n) is 7.74. The van der Waals surface area contributed by atoms with E-state index in [4.69, 9.17) is 11.6 Å². The highest BCUT2D eigenvalue weighted by Gasteiger charge is 2.30. The molecule has 0 aliphatic heterocycles. The Labute approximate surface area is 141 Å². The third kappa shape index (κ3) is 3.30. The summed E-state index contributed by atoms with van der Waals surface area (Å²) in [6.45, 7) is 18.8. The summed E-state index contributed by atoms with van der Waals surface area (Å²) in [7, 11) is 4.09. The van der Waals surface area contributed by atoms with Gasteiger partial charge in [0.15, 0.2) is 0 Å². The van der Waals surface area contributed by atoms with Crippen molar-refractivity contribution in [2.75, 3.05) is 19.0 Å². The number of anilines is 1. The monoisotopic (exact) mass is 317 g/mol. The molecule has 1 rings (SSSR count). The van der Waals surface area contributed by atoms with Gasteiger partial charge in [-0.1, -0.05) is 50.3 Å². The molecule has 0 N–H and O–H groups in total. The van der Waals surface area contributed by atoms with Crippen LogP contribution in [0.25, 0.3) is 5.57 Å². The number of rotatable bonds is 7. The highest BCUT2D eigenvalue weighted by Crippen LogP contribution is 2.42. The lowest BCUT2D eigenvalue weighted by Gasteiger charge is -2.33. The smallest absolute Gasteiger partial charge is 0.0485 e. The molecular formula is C20H28ClN. The van der Waals surface area contributed by atoms with Gasteiger partial charge in [0.05, 0.1) is 0 Å². The summed E-state index contributed by atoms with van der Waals surface area (Å²) in [6.07, 6.45) is 3.74. The summed E-state index contributed by atoms with van der Waals surface area (Å²) in [6, 6.07) is 4.18. The van der Waals surface area contributed by atoms with Crippen molar-refractivity contribution in [1.29, 1.82) is 0 Å². The van der Waals surface area contributed by atoms with Crippen molar-refractivity contribution in [3.8, 4) is 0 Å². The topological polar surface area (TPSA) is 3.24 Å². The molecule has 0 aromatic heterocycles. The zero-order valence-corrected chi connectivity index (χ0v) is 15.3. The molecule has 1 aromatic rings. The highest BCUT2D eigenvalue weighted by atomic mass is 35.5. The Morgan fingerprint density at radius 2 is 1.82 bits per heavy atom. The minimum absolute atomic E-state index is 0.302. The van der Waals surface area contributed by atoms with E-state index in [1.165, 1.54) is 0 Å². The van der Waals surface area contributed by atoms with E-state index in [9.17, 15) is 0 Å². The Balaban J connectivity index is 3.67. The SMILES string of the molecule is C=CC(C)(C(=C)CC)c1cc(Cl)c(C(=C)CC)cc1N(C)C. The predicted octanol–water partition coefficient (Wildman–Crippen LogP) is 6.24. The number of allylic oxidation sites excluding steroid dienone is 3. The third-order valence-corrected chi connectivity index (χ3v) is 4.82. The lowest BCUT2D eigenvalue weighted by Crippen LogP contribution is -2.25. The fourth-order valence-electron chi connectivity index (χ4n) is 2.62. The molecule has 1 aromatic carbocycles. The number of hydrogen-bond acceptors (Lipinski definition) is 1. The Hall–Kier alpha value is -1.47. The fraction of sp³-hybridized carbons (Fsp3) is 0.400. The van der Waals surface area contributed by atoms with Crippen LogP contribution in [0.15, 0.2) is 43.5 Å². The maximum Gasteiger partial charge on any atom is 0.0485 e. The molecule has 0 aliphatic rings. The van der Waals surface area contributed by atoms with Gasteiger partial charge < -0.3 is 4.90 Å². The van der Waals surface area contributed by atoms with E-state index in [0.29, 0.717) is 0 Å². The van der Waals surface area contributed by atoms with Crippen LogP contribution in [0.3, 0.4) is 0 Å². The van der Waals surface area contributed by atoms with Gasteiger partial charge >= 0.3 is 0 Å². The Morgan fingerprint density at radius 1 is 1.23 bits per heavy atom. The second kappa shape index (κ2) is 7.19. The van der Waals surface area contributed by atoms with Crippen LogP contribution >= 0.6 is 11.6 Å². The zero-order chi connectivity index (χ0) is 17.1. The average Bonchev–Trinajstić information content (AvgIpc) is 2.51. The van der Waals surface area contributed by atoms with E-state index in [-0.39, 0.29) is 5.41 Å². The van der Waals surface area contributed by atoms with Crippen LogP contribution < -0.4 is 4.90 Å². The molecule has 120 valence electrons. The number of halogens is 1. The van der Waals surface area contributed by atoms with E-state index in [1.54, 1.807) is 0 Å². The molecule has 0 bridgehead atoms. The molecule has 0 heterocycles. The Bertz CT molecular complexity index is 598. The summed E-state index contributed by atoms with van der Waals surface area (Å²) in [4.78, 5) is 2.11. The van der Waals surface area contributed by atoms with Crippen LogP contribution in [-0.4, -0.2) is 14.1 Å². The van der Waals surface area contributed by atoms with Crippen molar-refractivity contribution in [2.45, 2.75) is 39.0 Å². The quantitative estimate of drug-likeness (QED) is 0.538. The molecule has 0 saturated carbocycles. The van der Waals surface area contributed by atoms with Crippen LogP contribution in [-0.2, 0) is 5.41 Å². The van der Waals surface area contributed by atoms with Crippen LogP contribution in [0, 0.1) is 0 Å². The molecule has 22 heavy (non-hydrogen) atoms. The molecule has 1 atom stereocenters. The molecular weight excluding hydrogens is 290 g/mol. The molecule has 1 nitrogen and oxygen atoms in total. The van der Waals surface area contributed by atoms with Crippen LogP contribution in [0.2, 0.25) is 5.02 Å². The van der Waals surface area contributed by atoms with Gasteiger partial charge in [-0.3, -0.25) is 0 Å². The summed E-state index contributed by atoms with van der Waals surface area (Å²) in [5.74, 6) is 0. The maximum atomic E-state index is 6.55. The second-order valence-corrected chi connectivity index (χ2v) is 6.47. The van der Waals surface area contributed by atoms with Crippen LogP contribution in [0.1, 0.15) is 44.7 Å². The second-order valence-electron chi connectivity index (χ2n) is 6.06. The van der Waals surface area contributed by atoms with E-state index in [2.05, 4.69) is 57.5 Å². The van der Waals surface area contributed by atoms with Gasteiger partial charge in [-0.15, -0.1) is 6.58 Å². The zero-order valence-electron chi connectivity index (χ0n) is 14.6. The molecule has 2 heteroatoms. The first-order valence-corrected chi connectivity index (χ1v) is 8.12. The normalized spacial score (nSPS) is 13.4. The van der Waals surface area contributed by atoms with Gasteiger partial charge in [0.2, 0.25) is 0 Å². The van der Waals surface area contributed by atoms with Gasteiger partial charge in [-0.25, -0.2) is 0 Å². The highest BCUT2D eigenvalue weighted by molar-refractivity contribution is 6.32. The summed E-state index contributed by atoms with van der Waals surface area (Å²) < 4.78 is 0. The van der Waals surface area contributed by atoms with Crippen molar-refractivity contribution < 1.29 is 0 Å². The lowest BCUT2D eigenvalue weighted by atomic mass is 9.74. The minimum Gasteiger partial charge on any atom is -0.377 e. The number of nitrogens with zero attached hydrogens (tertiary/aromatic N) is 1. The van der Waals surface area contributed by atoms with Crippen molar-refractivity contribution in [3.63, 3.8) is 0 Å². The standard InChI is InChI=1S/C20H28ClN/c1-9-14(4)16-12-19(22(7)8)17(13-18(16)21)20(6,11-3)15(5)10-2/h11-13H,3-5,9-10H2,1-2,6-8H3. The van der Waals surface area contributed by atoms with Crippen molar-refractivity contribution in [3.05, 3.63) is 59.7 Å². The van der Waals surface area contributed by atoms with E-state index in [1.807, 2.05) is 20.2 Å². The fourth-order valence-corrected chi connectivity index (χ4v) is 2.92. The van der Waals surface area contributed by atoms with Gasteiger partial charge in [0.1, 0.15) is 0 Å². The summed E-state index contributed by atoms with van der Waals surface area (Å²) in [5, 5.41) is 0.740. The van der Waals surface area contributed by atoms with Crippen molar-refractivity contribution in [2.24, 2.45) is 0 Å². The van der Waals surface area contributed by atoms with Crippen LogP contribution in [0.5, 0.6) is 0 Å². The average molecular weight is 318 g/mol. The molecule has 0 spiro atoms. The first kappa shape index (κ1) is 18.6.